The van der Waals surface area contributed by atoms with E-state index in [0.717, 1.165) is 35.2 Å². The first-order valence-electron chi connectivity index (χ1n) is 7.20. The predicted octanol–water partition coefficient (Wildman–Crippen LogP) is 3.15. The molecule has 2 aromatic heterocycles. The Hall–Kier alpha value is -1.56. The smallest absolute Gasteiger partial charge is 0.189 e. The van der Waals surface area contributed by atoms with E-state index in [9.17, 15) is 0 Å². The predicted molar refractivity (Wildman–Crippen MR) is 86.7 cm³/mol. The molecule has 0 aliphatic heterocycles. The van der Waals surface area contributed by atoms with E-state index in [1.54, 1.807) is 11.8 Å². The van der Waals surface area contributed by atoms with Gasteiger partial charge in [-0.25, -0.2) is 9.97 Å². The van der Waals surface area contributed by atoms with Gasteiger partial charge in [0.2, 0.25) is 0 Å². The van der Waals surface area contributed by atoms with Crippen molar-refractivity contribution in [3.63, 3.8) is 0 Å². The summed E-state index contributed by atoms with van der Waals surface area (Å²) in [6.45, 7) is 4.62. The number of nitrogens with zero attached hydrogens (tertiary/aromatic N) is 3. The molecular formula is C15H21N5S. The van der Waals surface area contributed by atoms with Crippen LogP contribution in [0.25, 0.3) is 11.4 Å². The fourth-order valence-corrected chi connectivity index (χ4v) is 3.20. The van der Waals surface area contributed by atoms with Crippen molar-refractivity contribution in [3.05, 3.63) is 17.3 Å². The number of hydrogen-bond donors (Lipinski definition) is 2. The minimum absolute atomic E-state index is 0.350. The van der Waals surface area contributed by atoms with Gasteiger partial charge in [-0.05, 0) is 30.9 Å². The van der Waals surface area contributed by atoms with Gasteiger partial charge in [0, 0.05) is 24.4 Å². The molecule has 0 amide bonds. The second-order valence-corrected chi connectivity index (χ2v) is 7.02. The first kappa shape index (κ1) is 14.4. The van der Waals surface area contributed by atoms with Crippen LogP contribution in [0.1, 0.15) is 31.5 Å². The molecule has 2 heterocycles. The van der Waals surface area contributed by atoms with E-state index >= 15 is 0 Å². The molecule has 0 saturated carbocycles. The lowest BCUT2D eigenvalue weighted by molar-refractivity contribution is 0.312. The molecule has 0 atom stereocenters. The normalized spacial score (nSPS) is 16.6. The summed E-state index contributed by atoms with van der Waals surface area (Å²) in [6.07, 6.45) is 5.28. The summed E-state index contributed by atoms with van der Waals surface area (Å²) in [4.78, 5) is 9.03. The third-order valence-corrected chi connectivity index (χ3v) is 4.59. The van der Waals surface area contributed by atoms with Crippen LogP contribution in [0.15, 0.2) is 11.2 Å². The van der Waals surface area contributed by atoms with Crippen molar-refractivity contribution < 1.29 is 0 Å². The first-order valence-corrected chi connectivity index (χ1v) is 8.42. The van der Waals surface area contributed by atoms with Gasteiger partial charge in [0.25, 0.3) is 0 Å². The summed E-state index contributed by atoms with van der Waals surface area (Å²) in [7, 11) is 1.87. The lowest BCUT2D eigenvalue weighted by atomic mass is 9.76. The van der Waals surface area contributed by atoms with Crippen LogP contribution >= 0.6 is 11.8 Å². The molecule has 1 aliphatic carbocycles. The maximum Gasteiger partial charge on any atom is 0.189 e. The van der Waals surface area contributed by atoms with Crippen LogP contribution in [0.3, 0.4) is 0 Å². The summed E-state index contributed by atoms with van der Waals surface area (Å²) in [5.74, 6) is 0.831. The van der Waals surface area contributed by atoms with E-state index in [4.69, 9.17) is 0 Å². The maximum absolute atomic E-state index is 4.62. The molecule has 6 heteroatoms. The van der Waals surface area contributed by atoms with E-state index < -0.39 is 0 Å². The SMILES string of the molecule is CNc1cc(-c2n[nH]c3c2CCC(C)(C)C3)nc(SC)n1. The zero-order chi connectivity index (χ0) is 15.0. The van der Waals surface area contributed by atoms with Gasteiger partial charge in [-0.2, -0.15) is 5.10 Å². The number of anilines is 1. The standard InChI is InChI=1S/C15H21N5S/c1-15(2)6-5-9-11(8-15)19-20-13(9)10-7-12(16-3)18-14(17-10)21-4/h7H,5-6,8H2,1-4H3,(H,19,20)(H,16,17,18). The lowest BCUT2D eigenvalue weighted by Crippen LogP contribution is -2.21. The molecule has 5 nitrogen and oxygen atoms in total. The van der Waals surface area contributed by atoms with Crippen LogP contribution in [0.4, 0.5) is 5.82 Å². The van der Waals surface area contributed by atoms with Crippen molar-refractivity contribution in [2.75, 3.05) is 18.6 Å². The van der Waals surface area contributed by atoms with Crippen LogP contribution in [0.2, 0.25) is 0 Å². The fraction of sp³-hybridized carbons (Fsp3) is 0.533. The summed E-state index contributed by atoms with van der Waals surface area (Å²) < 4.78 is 0. The van der Waals surface area contributed by atoms with Crippen molar-refractivity contribution in [2.45, 2.75) is 38.3 Å². The average molecular weight is 303 g/mol. The molecule has 0 saturated heterocycles. The minimum Gasteiger partial charge on any atom is -0.373 e. The Balaban J connectivity index is 2.04. The topological polar surface area (TPSA) is 66.5 Å². The number of rotatable bonds is 3. The van der Waals surface area contributed by atoms with Gasteiger partial charge >= 0.3 is 0 Å². The Morgan fingerprint density at radius 1 is 1.33 bits per heavy atom. The van der Waals surface area contributed by atoms with Gasteiger partial charge in [0.1, 0.15) is 11.5 Å². The average Bonchev–Trinajstić information content (AvgIpc) is 2.88. The lowest BCUT2D eigenvalue weighted by Gasteiger charge is -2.29. The van der Waals surface area contributed by atoms with E-state index in [1.807, 2.05) is 19.4 Å². The molecule has 0 unspecified atom stereocenters. The molecule has 112 valence electrons. The van der Waals surface area contributed by atoms with Crippen LogP contribution in [0.5, 0.6) is 0 Å². The van der Waals surface area contributed by atoms with E-state index in [-0.39, 0.29) is 0 Å². The van der Waals surface area contributed by atoms with E-state index in [0.29, 0.717) is 5.41 Å². The zero-order valence-corrected chi connectivity index (χ0v) is 13.8. The van der Waals surface area contributed by atoms with E-state index in [2.05, 4.69) is 39.3 Å². The Kier molecular flexibility index (Phi) is 3.65. The Morgan fingerprint density at radius 3 is 2.86 bits per heavy atom. The largest absolute Gasteiger partial charge is 0.373 e. The number of hydrogen-bond acceptors (Lipinski definition) is 5. The molecule has 21 heavy (non-hydrogen) atoms. The highest BCUT2D eigenvalue weighted by Gasteiger charge is 2.29. The second-order valence-electron chi connectivity index (χ2n) is 6.25. The van der Waals surface area contributed by atoms with Crippen LogP contribution in [0, 0.1) is 5.41 Å². The summed E-state index contributed by atoms with van der Waals surface area (Å²) in [5.41, 5.74) is 4.81. The molecule has 0 bridgehead atoms. The van der Waals surface area contributed by atoms with Crippen molar-refractivity contribution in [2.24, 2.45) is 5.41 Å². The quantitative estimate of drug-likeness (QED) is 0.673. The molecule has 0 radical (unpaired) electrons. The molecule has 0 aromatic carbocycles. The van der Waals surface area contributed by atoms with E-state index in [1.165, 1.54) is 17.7 Å². The highest BCUT2D eigenvalue weighted by molar-refractivity contribution is 7.98. The summed E-state index contributed by atoms with van der Waals surface area (Å²) in [5, 5.41) is 11.6. The molecular weight excluding hydrogens is 282 g/mol. The summed E-state index contributed by atoms with van der Waals surface area (Å²) in [6, 6.07) is 1.97. The maximum atomic E-state index is 4.62. The molecule has 3 rings (SSSR count). The molecule has 2 N–H and O–H groups in total. The van der Waals surface area contributed by atoms with Crippen molar-refractivity contribution in [3.8, 4) is 11.4 Å². The van der Waals surface area contributed by atoms with Gasteiger partial charge in [0.05, 0.1) is 5.69 Å². The van der Waals surface area contributed by atoms with Crippen molar-refractivity contribution in [1.29, 1.82) is 0 Å². The Morgan fingerprint density at radius 2 is 2.14 bits per heavy atom. The third-order valence-electron chi connectivity index (χ3n) is 4.05. The number of nitrogens with one attached hydrogen (secondary N) is 2. The number of fused-ring (bicyclic) bond motifs is 1. The summed E-state index contributed by atoms with van der Waals surface area (Å²) >= 11 is 1.55. The third kappa shape index (κ3) is 2.77. The van der Waals surface area contributed by atoms with Gasteiger partial charge in [-0.1, -0.05) is 25.6 Å². The van der Waals surface area contributed by atoms with Gasteiger partial charge < -0.3 is 5.32 Å². The molecule has 0 spiro atoms. The van der Waals surface area contributed by atoms with Crippen molar-refractivity contribution >= 4 is 17.6 Å². The highest BCUT2D eigenvalue weighted by Crippen LogP contribution is 2.37. The van der Waals surface area contributed by atoms with Crippen LogP contribution < -0.4 is 5.32 Å². The second kappa shape index (κ2) is 5.33. The number of H-pyrrole nitrogens is 1. The number of aromatic amines is 1. The number of thioether (sulfide) groups is 1. The molecule has 2 aromatic rings. The zero-order valence-electron chi connectivity index (χ0n) is 12.9. The van der Waals surface area contributed by atoms with Crippen molar-refractivity contribution in [1.82, 2.24) is 20.2 Å². The minimum atomic E-state index is 0.350. The first-order chi connectivity index (χ1) is 10.0. The fourth-order valence-electron chi connectivity index (χ4n) is 2.82. The van der Waals surface area contributed by atoms with Gasteiger partial charge in [-0.15, -0.1) is 0 Å². The number of aromatic nitrogens is 4. The van der Waals surface area contributed by atoms with Crippen LogP contribution in [-0.2, 0) is 12.8 Å². The Bertz CT molecular complexity index is 640. The monoisotopic (exact) mass is 303 g/mol. The van der Waals surface area contributed by atoms with Crippen LogP contribution in [-0.4, -0.2) is 33.5 Å². The van der Waals surface area contributed by atoms with Gasteiger partial charge in [-0.3, -0.25) is 5.10 Å². The van der Waals surface area contributed by atoms with Gasteiger partial charge in [0.15, 0.2) is 5.16 Å². The molecule has 0 fully saturated rings. The highest BCUT2D eigenvalue weighted by atomic mass is 32.2. The molecule has 1 aliphatic rings. The Labute approximate surface area is 129 Å².